The van der Waals surface area contributed by atoms with Gasteiger partial charge in [0.2, 0.25) is 0 Å². The van der Waals surface area contributed by atoms with Crippen molar-refractivity contribution in [3.63, 3.8) is 0 Å². The summed E-state index contributed by atoms with van der Waals surface area (Å²) in [6.45, 7) is 1.22. The van der Waals surface area contributed by atoms with E-state index < -0.39 is 0 Å². The highest BCUT2D eigenvalue weighted by molar-refractivity contribution is 5.05. The number of hydrogen-bond acceptors (Lipinski definition) is 1. The molecule has 0 atom stereocenters. The first-order chi connectivity index (χ1) is 10.4. The Balaban J connectivity index is 1.64. The van der Waals surface area contributed by atoms with Crippen LogP contribution in [0.15, 0.2) is 11.6 Å². The Morgan fingerprint density at radius 2 is 1.38 bits per heavy atom. The van der Waals surface area contributed by atoms with E-state index in [2.05, 4.69) is 11.4 Å². The maximum Gasteiger partial charge on any atom is 0.00671 e. The first-order valence-electron chi connectivity index (χ1n) is 9.86. The van der Waals surface area contributed by atoms with Crippen LogP contribution in [-0.2, 0) is 0 Å². The molecule has 2 aliphatic rings. The van der Waals surface area contributed by atoms with Crippen molar-refractivity contribution in [2.75, 3.05) is 6.54 Å². The zero-order valence-electron chi connectivity index (χ0n) is 14.2. The largest absolute Gasteiger partial charge is 0.314 e. The SMILES string of the molecule is C1=C(CCNC2CCCCCCCCCCC2)CCCC1. The lowest BCUT2D eigenvalue weighted by Crippen LogP contribution is -2.30. The molecule has 1 N–H and O–H groups in total. The predicted octanol–water partition coefficient (Wildman–Crippen LogP) is 6.14. The molecule has 0 aromatic heterocycles. The Labute approximate surface area is 133 Å². The van der Waals surface area contributed by atoms with Crippen molar-refractivity contribution in [2.45, 2.75) is 109 Å². The maximum absolute atomic E-state index is 3.88. The average Bonchev–Trinajstić information content (AvgIpc) is 2.51. The van der Waals surface area contributed by atoms with Crippen LogP contribution in [0.5, 0.6) is 0 Å². The van der Waals surface area contributed by atoms with Crippen molar-refractivity contribution >= 4 is 0 Å². The van der Waals surface area contributed by atoms with Gasteiger partial charge in [0.1, 0.15) is 0 Å². The van der Waals surface area contributed by atoms with Crippen LogP contribution in [0.1, 0.15) is 103 Å². The molecule has 2 rings (SSSR count). The third-order valence-electron chi connectivity index (χ3n) is 5.37. The van der Waals surface area contributed by atoms with Gasteiger partial charge in [0.15, 0.2) is 0 Å². The van der Waals surface area contributed by atoms with Gasteiger partial charge in [0.25, 0.3) is 0 Å². The van der Waals surface area contributed by atoms with Crippen molar-refractivity contribution in [2.24, 2.45) is 0 Å². The monoisotopic (exact) mass is 291 g/mol. The van der Waals surface area contributed by atoms with Gasteiger partial charge in [0.05, 0.1) is 0 Å². The molecule has 0 aromatic carbocycles. The number of rotatable bonds is 4. The third-order valence-corrected chi connectivity index (χ3v) is 5.37. The van der Waals surface area contributed by atoms with Crippen molar-refractivity contribution in [3.05, 3.63) is 11.6 Å². The van der Waals surface area contributed by atoms with Gasteiger partial charge in [-0.1, -0.05) is 69.4 Å². The van der Waals surface area contributed by atoms with E-state index in [9.17, 15) is 0 Å². The van der Waals surface area contributed by atoms with E-state index in [-0.39, 0.29) is 0 Å². The van der Waals surface area contributed by atoms with E-state index in [1.165, 1.54) is 109 Å². The Morgan fingerprint density at radius 1 is 0.762 bits per heavy atom. The van der Waals surface area contributed by atoms with Crippen LogP contribution in [0.25, 0.3) is 0 Å². The van der Waals surface area contributed by atoms with Gasteiger partial charge in [-0.2, -0.15) is 0 Å². The number of hydrogen-bond donors (Lipinski definition) is 1. The highest BCUT2D eigenvalue weighted by Crippen LogP contribution is 2.20. The van der Waals surface area contributed by atoms with E-state index in [1.54, 1.807) is 5.57 Å². The normalized spacial score (nSPS) is 23.9. The van der Waals surface area contributed by atoms with E-state index in [0.717, 1.165) is 6.04 Å². The molecule has 1 saturated carbocycles. The predicted molar refractivity (Wildman–Crippen MR) is 93.7 cm³/mol. The fraction of sp³-hybridized carbons (Fsp3) is 0.900. The van der Waals surface area contributed by atoms with Crippen LogP contribution in [0.2, 0.25) is 0 Å². The van der Waals surface area contributed by atoms with E-state index in [4.69, 9.17) is 0 Å². The third kappa shape index (κ3) is 8.04. The second-order valence-corrected chi connectivity index (χ2v) is 7.27. The zero-order valence-corrected chi connectivity index (χ0v) is 14.2. The Bertz CT molecular complexity index is 270. The van der Waals surface area contributed by atoms with Crippen LogP contribution in [0.3, 0.4) is 0 Å². The van der Waals surface area contributed by atoms with Crippen LogP contribution >= 0.6 is 0 Å². The van der Waals surface area contributed by atoms with Gasteiger partial charge >= 0.3 is 0 Å². The quantitative estimate of drug-likeness (QED) is 0.613. The second kappa shape index (κ2) is 11.3. The van der Waals surface area contributed by atoms with Gasteiger partial charge in [0, 0.05) is 6.04 Å². The van der Waals surface area contributed by atoms with Crippen molar-refractivity contribution in [1.29, 1.82) is 0 Å². The Kier molecular flexibility index (Phi) is 9.17. The minimum Gasteiger partial charge on any atom is -0.314 e. The number of allylic oxidation sites excluding steroid dienone is 1. The average molecular weight is 292 g/mol. The molecular weight excluding hydrogens is 254 g/mol. The molecule has 0 saturated heterocycles. The molecule has 0 unspecified atom stereocenters. The van der Waals surface area contributed by atoms with Gasteiger partial charge < -0.3 is 5.32 Å². The summed E-state index contributed by atoms with van der Waals surface area (Å²) in [5.74, 6) is 0. The van der Waals surface area contributed by atoms with Crippen LogP contribution in [0.4, 0.5) is 0 Å². The van der Waals surface area contributed by atoms with Crippen LogP contribution in [-0.4, -0.2) is 12.6 Å². The topological polar surface area (TPSA) is 12.0 Å². The smallest absolute Gasteiger partial charge is 0.00671 e. The molecule has 0 amide bonds. The molecule has 122 valence electrons. The number of nitrogens with one attached hydrogen (secondary N) is 1. The van der Waals surface area contributed by atoms with E-state index in [0.29, 0.717) is 0 Å². The van der Waals surface area contributed by atoms with Gasteiger partial charge in [-0.05, 0) is 51.5 Å². The molecule has 1 fully saturated rings. The van der Waals surface area contributed by atoms with Crippen molar-refractivity contribution in [3.8, 4) is 0 Å². The molecule has 0 aliphatic heterocycles. The summed E-state index contributed by atoms with van der Waals surface area (Å²) in [5, 5.41) is 3.88. The van der Waals surface area contributed by atoms with Crippen molar-refractivity contribution < 1.29 is 0 Å². The summed E-state index contributed by atoms with van der Waals surface area (Å²) >= 11 is 0. The second-order valence-electron chi connectivity index (χ2n) is 7.27. The summed E-state index contributed by atoms with van der Waals surface area (Å²) in [6.07, 6.45) is 25.4. The lowest BCUT2D eigenvalue weighted by molar-refractivity contribution is 0.405. The lowest BCUT2D eigenvalue weighted by atomic mass is 9.96. The molecular formula is C20H37N. The summed E-state index contributed by atoms with van der Waals surface area (Å²) in [4.78, 5) is 0. The Hall–Kier alpha value is -0.300. The van der Waals surface area contributed by atoms with Gasteiger partial charge in [-0.15, -0.1) is 0 Å². The molecule has 2 aliphatic carbocycles. The standard InChI is InChI=1S/C20H37N/c1-2-4-6-11-15-20(16-12-7-5-3-1)21-18-17-19-13-9-8-10-14-19/h13,20-21H,1-12,14-18H2. The fourth-order valence-corrected chi connectivity index (χ4v) is 3.94. The molecule has 0 aromatic rings. The minimum atomic E-state index is 0.800. The summed E-state index contributed by atoms with van der Waals surface area (Å²) < 4.78 is 0. The summed E-state index contributed by atoms with van der Waals surface area (Å²) in [5.41, 5.74) is 1.72. The molecule has 1 heteroatoms. The molecule has 0 spiro atoms. The Morgan fingerprint density at radius 3 is 1.95 bits per heavy atom. The van der Waals surface area contributed by atoms with Crippen LogP contribution in [0, 0.1) is 0 Å². The van der Waals surface area contributed by atoms with Gasteiger partial charge in [-0.25, -0.2) is 0 Å². The summed E-state index contributed by atoms with van der Waals surface area (Å²) in [6, 6.07) is 0.800. The lowest BCUT2D eigenvalue weighted by Gasteiger charge is -2.20. The maximum atomic E-state index is 3.88. The highest BCUT2D eigenvalue weighted by Gasteiger charge is 2.10. The molecule has 21 heavy (non-hydrogen) atoms. The minimum absolute atomic E-state index is 0.800. The molecule has 0 heterocycles. The first kappa shape index (κ1) is 17.1. The summed E-state index contributed by atoms with van der Waals surface area (Å²) in [7, 11) is 0. The van der Waals surface area contributed by atoms with E-state index in [1.807, 2.05) is 0 Å². The van der Waals surface area contributed by atoms with E-state index >= 15 is 0 Å². The highest BCUT2D eigenvalue weighted by atomic mass is 14.9. The van der Waals surface area contributed by atoms with Crippen LogP contribution < -0.4 is 5.32 Å². The van der Waals surface area contributed by atoms with Gasteiger partial charge in [-0.3, -0.25) is 0 Å². The molecule has 1 nitrogen and oxygen atoms in total. The molecule has 0 radical (unpaired) electrons. The van der Waals surface area contributed by atoms with Crippen molar-refractivity contribution in [1.82, 2.24) is 5.32 Å². The fourth-order valence-electron chi connectivity index (χ4n) is 3.94. The zero-order chi connectivity index (χ0) is 14.6. The first-order valence-corrected chi connectivity index (χ1v) is 9.86. The molecule has 0 bridgehead atoms.